The predicted molar refractivity (Wildman–Crippen MR) is 55.1 cm³/mol. The number of hydrogen-bond donors (Lipinski definition) is 2. The first-order valence-electron chi connectivity index (χ1n) is 4.51. The number of rotatable bonds is 3. The summed E-state index contributed by atoms with van der Waals surface area (Å²) in [5.74, 6) is 0.550. The van der Waals surface area contributed by atoms with Gasteiger partial charge in [0.1, 0.15) is 0 Å². The van der Waals surface area contributed by atoms with Crippen LogP contribution in [0.1, 0.15) is 12.8 Å². The Bertz CT molecular complexity index is 323. The third-order valence-corrected chi connectivity index (χ3v) is 2.88. The maximum Gasteiger partial charge on any atom is 0.206 e. The molecule has 0 amide bonds. The van der Waals surface area contributed by atoms with Gasteiger partial charge in [-0.1, -0.05) is 10.5 Å². The van der Waals surface area contributed by atoms with E-state index < -0.39 is 0 Å². The van der Waals surface area contributed by atoms with Crippen molar-refractivity contribution in [2.45, 2.75) is 12.8 Å². The Balaban J connectivity index is 2.11. The van der Waals surface area contributed by atoms with E-state index in [4.69, 9.17) is 4.84 Å². The molecule has 0 radical (unpaired) electrons. The van der Waals surface area contributed by atoms with E-state index in [2.05, 4.69) is 10.2 Å². The van der Waals surface area contributed by atoms with Gasteiger partial charge < -0.3 is 10.2 Å². The number of allylic oxidation sites excluding steroid dienone is 2. The lowest BCUT2D eigenvalue weighted by atomic mass is 10.00. The number of carbonyl (C=O) groups is 1. The Kier molecular flexibility index (Phi) is 2.90. The Morgan fingerprint density at radius 3 is 3.36 bits per heavy atom. The van der Waals surface area contributed by atoms with Gasteiger partial charge in [0.15, 0.2) is 0 Å². The Morgan fingerprint density at radius 2 is 2.57 bits per heavy atom. The summed E-state index contributed by atoms with van der Waals surface area (Å²) in [5.41, 5.74) is 1.17. The Hall–Kier alpha value is -0.780. The van der Waals surface area contributed by atoms with Gasteiger partial charge in [-0.05, 0) is 38.0 Å². The second kappa shape index (κ2) is 4.16. The number of Topliss-reactive ketones (excluding diaryl/α,β-unsaturated/α-hetero) is 1. The largest absolute Gasteiger partial charge is 0.393 e. The first-order chi connectivity index (χ1) is 6.81. The molecule has 0 fully saturated rings. The maximum atomic E-state index is 11.6. The monoisotopic (exact) mass is 212 g/mol. The van der Waals surface area contributed by atoms with E-state index in [0.29, 0.717) is 12.2 Å². The SMILES string of the molecule is CNCCC1=CC2=C(ONS2)C(=O)C1. The molecule has 0 aromatic carbocycles. The molecular weight excluding hydrogens is 200 g/mol. The minimum atomic E-state index is 0.0751. The van der Waals surface area contributed by atoms with Crippen molar-refractivity contribution < 1.29 is 9.63 Å². The van der Waals surface area contributed by atoms with E-state index in [1.54, 1.807) is 0 Å². The normalized spacial score (nSPS) is 20.6. The minimum Gasteiger partial charge on any atom is -0.393 e. The molecule has 2 aliphatic rings. The molecule has 2 N–H and O–H groups in total. The number of ketones is 1. The fourth-order valence-corrected chi connectivity index (χ4v) is 2.15. The van der Waals surface area contributed by atoms with E-state index >= 15 is 0 Å². The average molecular weight is 212 g/mol. The van der Waals surface area contributed by atoms with E-state index in [1.807, 2.05) is 13.1 Å². The smallest absolute Gasteiger partial charge is 0.206 e. The van der Waals surface area contributed by atoms with Gasteiger partial charge in [-0.2, -0.15) is 0 Å². The highest BCUT2D eigenvalue weighted by Crippen LogP contribution is 2.33. The van der Waals surface area contributed by atoms with E-state index in [1.165, 1.54) is 17.5 Å². The minimum absolute atomic E-state index is 0.0751. The average Bonchev–Trinajstić information content (AvgIpc) is 2.63. The fraction of sp³-hybridized carbons (Fsp3) is 0.444. The first-order valence-corrected chi connectivity index (χ1v) is 5.33. The zero-order chi connectivity index (χ0) is 9.97. The zero-order valence-corrected chi connectivity index (χ0v) is 8.74. The number of nitrogens with one attached hydrogen (secondary N) is 2. The molecule has 1 aliphatic carbocycles. The topological polar surface area (TPSA) is 50.4 Å². The van der Waals surface area contributed by atoms with E-state index in [-0.39, 0.29) is 5.78 Å². The van der Waals surface area contributed by atoms with Crippen LogP contribution in [0.5, 0.6) is 0 Å². The van der Waals surface area contributed by atoms with Gasteiger partial charge in [0.05, 0.1) is 4.91 Å². The van der Waals surface area contributed by atoms with Crippen LogP contribution in [0.4, 0.5) is 0 Å². The highest BCUT2D eigenvalue weighted by molar-refractivity contribution is 8.01. The third-order valence-electron chi connectivity index (χ3n) is 2.19. The van der Waals surface area contributed by atoms with Crippen LogP contribution in [0.25, 0.3) is 0 Å². The van der Waals surface area contributed by atoms with Gasteiger partial charge >= 0.3 is 0 Å². The van der Waals surface area contributed by atoms with Crippen molar-refractivity contribution in [3.05, 3.63) is 22.3 Å². The van der Waals surface area contributed by atoms with E-state index in [0.717, 1.165) is 17.9 Å². The van der Waals surface area contributed by atoms with Crippen LogP contribution in [0.2, 0.25) is 0 Å². The van der Waals surface area contributed by atoms with Crippen LogP contribution in [-0.2, 0) is 9.63 Å². The second-order valence-corrected chi connectivity index (χ2v) is 4.05. The zero-order valence-electron chi connectivity index (χ0n) is 7.92. The molecule has 14 heavy (non-hydrogen) atoms. The van der Waals surface area contributed by atoms with Crippen molar-refractivity contribution in [1.29, 1.82) is 0 Å². The van der Waals surface area contributed by atoms with Crippen molar-refractivity contribution in [2.75, 3.05) is 13.6 Å². The lowest BCUT2D eigenvalue weighted by molar-refractivity contribution is -0.118. The van der Waals surface area contributed by atoms with Crippen LogP contribution in [0, 0.1) is 0 Å². The first kappa shape index (κ1) is 9.76. The molecule has 0 aromatic heterocycles. The molecule has 4 nitrogen and oxygen atoms in total. The summed E-state index contributed by atoms with van der Waals surface area (Å²) >= 11 is 1.36. The summed E-state index contributed by atoms with van der Waals surface area (Å²) in [5, 5.41) is 3.07. The maximum absolute atomic E-state index is 11.6. The lowest BCUT2D eigenvalue weighted by Gasteiger charge is -2.11. The fourth-order valence-electron chi connectivity index (χ4n) is 1.46. The molecule has 1 heterocycles. The number of carbonyl (C=O) groups excluding carboxylic acids is 1. The highest BCUT2D eigenvalue weighted by atomic mass is 32.2. The quantitative estimate of drug-likeness (QED) is 0.680. The van der Waals surface area contributed by atoms with Gasteiger partial charge in [-0.15, -0.1) is 0 Å². The van der Waals surface area contributed by atoms with E-state index in [9.17, 15) is 4.79 Å². The van der Waals surface area contributed by atoms with Crippen LogP contribution < -0.4 is 10.2 Å². The molecule has 1 aliphatic heterocycles. The van der Waals surface area contributed by atoms with Gasteiger partial charge in [-0.25, -0.2) is 0 Å². The van der Waals surface area contributed by atoms with Crippen LogP contribution in [0.15, 0.2) is 22.3 Å². The molecule has 0 bridgehead atoms. The summed E-state index contributed by atoms with van der Waals surface area (Å²) < 4.78 is 0. The second-order valence-electron chi connectivity index (χ2n) is 3.24. The Morgan fingerprint density at radius 1 is 1.71 bits per heavy atom. The van der Waals surface area contributed by atoms with Gasteiger partial charge in [0.25, 0.3) is 0 Å². The Labute approximate surface area is 86.9 Å². The summed E-state index contributed by atoms with van der Waals surface area (Å²) in [6.07, 6.45) is 3.45. The molecule has 5 heteroatoms. The summed E-state index contributed by atoms with van der Waals surface area (Å²) in [4.78, 5) is 20.1. The standard InChI is InChI=1S/C9H12N2O2S/c1-10-3-2-6-4-7(12)9-8(5-6)14-11-13-9/h5,10-11H,2-4H2,1H3. The molecule has 2 rings (SSSR count). The third kappa shape index (κ3) is 1.84. The lowest BCUT2D eigenvalue weighted by Crippen LogP contribution is -2.14. The summed E-state index contributed by atoms with van der Waals surface area (Å²) in [6, 6.07) is 0. The van der Waals surface area contributed by atoms with Crippen molar-refractivity contribution >= 4 is 17.7 Å². The molecule has 0 unspecified atom stereocenters. The van der Waals surface area contributed by atoms with Crippen molar-refractivity contribution in [3.8, 4) is 0 Å². The molecule has 0 atom stereocenters. The van der Waals surface area contributed by atoms with Gasteiger partial charge in [0, 0.05) is 6.42 Å². The molecular formula is C9H12N2O2S. The van der Waals surface area contributed by atoms with Crippen LogP contribution >= 0.6 is 11.9 Å². The summed E-state index contributed by atoms with van der Waals surface area (Å²) in [6.45, 7) is 0.903. The van der Waals surface area contributed by atoms with Crippen molar-refractivity contribution in [3.63, 3.8) is 0 Å². The summed E-state index contributed by atoms with van der Waals surface area (Å²) in [7, 11) is 1.91. The number of hydrogen-bond acceptors (Lipinski definition) is 5. The van der Waals surface area contributed by atoms with Crippen LogP contribution in [-0.4, -0.2) is 19.4 Å². The molecule has 76 valence electrons. The molecule has 0 spiro atoms. The van der Waals surface area contributed by atoms with Gasteiger partial charge in [0.2, 0.25) is 11.5 Å². The van der Waals surface area contributed by atoms with Crippen molar-refractivity contribution in [2.24, 2.45) is 0 Å². The van der Waals surface area contributed by atoms with Crippen LogP contribution in [0.3, 0.4) is 0 Å². The van der Waals surface area contributed by atoms with Gasteiger partial charge in [-0.3, -0.25) is 4.79 Å². The molecule has 0 saturated heterocycles. The highest BCUT2D eigenvalue weighted by Gasteiger charge is 2.27. The predicted octanol–water partition coefficient (Wildman–Crippen LogP) is 0.890. The molecule has 0 aromatic rings. The molecule has 0 saturated carbocycles. The van der Waals surface area contributed by atoms with Crippen molar-refractivity contribution in [1.82, 2.24) is 10.2 Å².